The third-order valence-corrected chi connectivity index (χ3v) is 5.53. The van der Waals surface area contributed by atoms with E-state index >= 15 is 0 Å². The SMILES string of the molecule is Cc1ccc(/C=C/c2ccc3nccc(C(=O)NCC(=O)N4CC(F)(F)CC4C#N)c3c2)nc1. The van der Waals surface area contributed by atoms with Crippen LogP contribution in [0.3, 0.4) is 0 Å². The van der Waals surface area contributed by atoms with Gasteiger partial charge in [0.2, 0.25) is 5.91 Å². The number of hydrogen-bond acceptors (Lipinski definition) is 5. The molecule has 1 aliphatic rings. The third kappa shape index (κ3) is 5.07. The van der Waals surface area contributed by atoms with E-state index < -0.39 is 43.3 Å². The fraction of sp³-hybridized carbons (Fsp3) is 0.240. The Morgan fingerprint density at radius 1 is 1.24 bits per heavy atom. The summed E-state index contributed by atoms with van der Waals surface area (Å²) >= 11 is 0. The van der Waals surface area contributed by atoms with Gasteiger partial charge in [-0.3, -0.25) is 19.6 Å². The van der Waals surface area contributed by atoms with Crippen LogP contribution in [-0.4, -0.2) is 51.7 Å². The number of benzene rings is 1. The standard InChI is InChI=1S/C25H21F2N5O2/c1-16-2-5-18(30-13-16)6-3-17-4-7-22-21(10-17)20(8-9-29-22)24(34)31-14-23(33)32-15-25(26,27)11-19(32)12-28/h2-10,13,19H,11,14-15H2,1H3,(H,31,34)/b6-3+. The van der Waals surface area contributed by atoms with Crippen molar-refractivity contribution < 1.29 is 18.4 Å². The Kier molecular flexibility index (Phi) is 6.32. The summed E-state index contributed by atoms with van der Waals surface area (Å²) in [5.41, 5.74) is 3.56. The largest absolute Gasteiger partial charge is 0.343 e. The van der Waals surface area contributed by atoms with Crippen molar-refractivity contribution in [2.75, 3.05) is 13.1 Å². The smallest absolute Gasteiger partial charge is 0.268 e. The fourth-order valence-corrected chi connectivity index (χ4v) is 3.77. The van der Waals surface area contributed by atoms with Gasteiger partial charge in [-0.25, -0.2) is 8.78 Å². The minimum Gasteiger partial charge on any atom is -0.343 e. The molecule has 7 nitrogen and oxygen atoms in total. The number of alkyl halides is 2. The number of nitrogens with one attached hydrogen (secondary N) is 1. The highest BCUT2D eigenvalue weighted by Crippen LogP contribution is 2.31. The van der Waals surface area contributed by atoms with Gasteiger partial charge in [0.05, 0.1) is 35.9 Å². The Labute approximate surface area is 194 Å². The van der Waals surface area contributed by atoms with Gasteiger partial charge in [-0.15, -0.1) is 0 Å². The number of likely N-dealkylation sites (tertiary alicyclic amines) is 1. The van der Waals surface area contributed by atoms with Crippen molar-refractivity contribution in [1.82, 2.24) is 20.2 Å². The maximum absolute atomic E-state index is 13.6. The number of aromatic nitrogens is 2. The number of halogens is 2. The molecule has 1 aliphatic heterocycles. The molecule has 0 aliphatic carbocycles. The van der Waals surface area contributed by atoms with Crippen molar-refractivity contribution in [2.24, 2.45) is 0 Å². The molecule has 3 aromatic rings. The second kappa shape index (κ2) is 9.35. The summed E-state index contributed by atoms with van der Waals surface area (Å²) < 4.78 is 27.2. The highest BCUT2D eigenvalue weighted by molar-refractivity contribution is 6.07. The maximum Gasteiger partial charge on any atom is 0.268 e. The van der Waals surface area contributed by atoms with Gasteiger partial charge >= 0.3 is 0 Å². The van der Waals surface area contributed by atoms with Crippen molar-refractivity contribution >= 4 is 34.9 Å². The fourth-order valence-electron chi connectivity index (χ4n) is 3.77. The molecule has 1 atom stereocenters. The quantitative estimate of drug-likeness (QED) is 0.626. The number of pyridine rings is 2. The van der Waals surface area contributed by atoms with E-state index in [-0.39, 0.29) is 0 Å². The van der Waals surface area contributed by atoms with E-state index in [0.717, 1.165) is 21.7 Å². The van der Waals surface area contributed by atoms with Crippen molar-refractivity contribution in [1.29, 1.82) is 5.26 Å². The van der Waals surface area contributed by atoms with E-state index in [9.17, 15) is 18.4 Å². The molecule has 1 saturated heterocycles. The third-order valence-electron chi connectivity index (χ3n) is 5.53. The number of hydrogen-bond donors (Lipinski definition) is 1. The zero-order chi connectivity index (χ0) is 24.3. The molecule has 4 rings (SSSR count). The van der Waals surface area contributed by atoms with E-state index in [2.05, 4.69) is 15.3 Å². The molecule has 0 saturated carbocycles. The van der Waals surface area contributed by atoms with Crippen LogP contribution in [0.25, 0.3) is 23.1 Å². The predicted octanol–water partition coefficient (Wildman–Crippen LogP) is 3.60. The number of carbonyl (C=O) groups excluding carboxylic acids is 2. The van der Waals surface area contributed by atoms with Crippen LogP contribution in [-0.2, 0) is 4.79 Å². The summed E-state index contributed by atoms with van der Waals surface area (Å²) in [5, 5.41) is 12.1. The van der Waals surface area contributed by atoms with Crippen LogP contribution in [0.5, 0.6) is 0 Å². The van der Waals surface area contributed by atoms with Crippen LogP contribution in [0.15, 0.2) is 48.8 Å². The average Bonchev–Trinajstić information content (AvgIpc) is 3.16. The normalized spacial score (nSPS) is 17.1. The van der Waals surface area contributed by atoms with Gasteiger partial charge in [-0.1, -0.05) is 18.2 Å². The molecule has 0 radical (unpaired) electrons. The zero-order valence-corrected chi connectivity index (χ0v) is 18.3. The van der Waals surface area contributed by atoms with Gasteiger partial charge in [0, 0.05) is 24.2 Å². The monoisotopic (exact) mass is 461 g/mol. The zero-order valence-electron chi connectivity index (χ0n) is 18.3. The number of rotatable bonds is 5. The highest BCUT2D eigenvalue weighted by Gasteiger charge is 2.47. The van der Waals surface area contributed by atoms with Crippen molar-refractivity contribution in [2.45, 2.75) is 25.3 Å². The number of nitriles is 1. The molecule has 34 heavy (non-hydrogen) atoms. The van der Waals surface area contributed by atoms with Crippen LogP contribution in [0, 0.1) is 18.3 Å². The summed E-state index contributed by atoms with van der Waals surface area (Å²) in [6, 6.07) is 11.3. The van der Waals surface area contributed by atoms with Crippen LogP contribution < -0.4 is 5.32 Å². The van der Waals surface area contributed by atoms with E-state index in [1.54, 1.807) is 24.4 Å². The van der Waals surface area contributed by atoms with Crippen LogP contribution in [0.2, 0.25) is 0 Å². The molecule has 2 amide bonds. The first-order valence-electron chi connectivity index (χ1n) is 10.6. The van der Waals surface area contributed by atoms with Crippen LogP contribution in [0.4, 0.5) is 8.78 Å². The lowest BCUT2D eigenvalue weighted by atomic mass is 10.0. The minimum atomic E-state index is -3.11. The Morgan fingerprint density at radius 3 is 2.79 bits per heavy atom. The van der Waals surface area contributed by atoms with Gasteiger partial charge in [0.1, 0.15) is 6.04 Å². The summed E-state index contributed by atoms with van der Waals surface area (Å²) in [6.45, 7) is 0.637. The number of aryl methyl sites for hydroxylation is 1. The second-order valence-electron chi connectivity index (χ2n) is 8.14. The first kappa shape index (κ1) is 23.0. The Balaban J connectivity index is 1.50. The molecular formula is C25H21F2N5O2. The molecule has 0 bridgehead atoms. The predicted molar refractivity (Wildman–Crippen MR) is 123 cm³/mol. The first-order valence-corrected chi connectivity index (χ1v) is 10.6. The van der Waals surface area contributed by atoms with Gasteiger partial charge in [0.15, 0.2) is 0 Å². The van der Waals surface area contributed by atoms with Gasteiger partial charge < -0.3 is 10.2 Å². The van der Waals surface area contributed by atoms with E-state index in [4.69, 9.17) is 5.26 Å². The average molecular weight is 461 g/mol. The Hall–Kier alpha value is -4.19. The van der Waals surface area contributed by atoms with Crippen LogP contribution in [0.1, 0.15) is 33.6 Å². The highest BCUT2D eigenvalue weighted by atomic mass is 19.3. The van der Waals surface area contributed by atoms with Gasteiger partial charge in [-0.2, -0.15) is 5.26 Å². The summed E-state index contributed by atoms with van der Waals surface area (Å²) in [5.74, 6) is -4.38. The van der Waals surface area contributed by atoms with E-state index in [1.165, 1.54) is 12.3 Å². The summed E-state index contributed by atoms with van der Waals surface area (Å²) in [7, 11) is 0. The lowest BCUT2D eigenvalue weighted by Crippen LogP contribution is -2.43. The molecule has 3 heterocycles. The maximum atomic E-state index is 13.6. The number of fused-ring (bicyclic) bond motifs is 1. The van der Waals surface area contributed by atoms with Crippen molar-refractivity contribution in [3.05, 3.63) is 71.2 Å². The first-order chi connectivity index (χ1) is 16.3. The topological polar surface area (TPSA) is 99.0 Å². The Morgan fingerprint density at radius 2 is 2.06 bits per heavy atom. The molecule has 1 fully saturated rings. The Bertz CT molecular complexity index is 1320. The molecule has 172 valence electrons. The lowest BCUT2D eigenvalue weighted by Gasteiger charge is -2.19. The molecule has 1 aromatic carbocycles. The minimum absolute atomic E-state index is 0.296. The van der Waals surface area contributed by atoms with E-state index in [1.807, 2.05) is 37.3 Å². The number of amides is 2. The molecular weight excluding hydrogens is 440 g/mol. The van der Waals surface area contributed by atoms with Crippen molar-refractivity contribution in [3.63, 3.8) is 0 Å². The molecule has 1 N–H and O–H groups in total. The summed E-state index contributed by atoms with van der Waals surface area (Å²) in [6.07, 6.45) is 6.28. The second-order valence-corrected chi connectivity index (χ2v) is 8.14. The van der Waals surface area contributed by atoms with Gasteiger partial charge in [0.25, 0.3) is 11.8 Å². The van der Waals surface area contributed by atoms with Crippen LogP contribution >= 0.6 is 0 Å². The number of nitrogens with zero attached hydrogens (tertiary/aromatic N) is 4. The number of carbonyl (C=O) groups is 2. The molecule has 1 unspecified atom stereocenters. The molecule has 9 heteroatoms. The van der Waals surface area contributed by atoms with E-state index in [0.29, 0.717) is 16.5 Å². The van der Waals surface area contributed by atoms with Crippen molar-refractivity contribution in [3.8, 4) is 6.07 Å². The lowest BCUT2D eigenvalue weighted by molar-refractivity contribution is -0.131. The summed E-state index contributed by atoms with van der Waals surface area (Å²) in [4.78, 5) is 34.6. The molecule has 2 aromatic heterocycles. The molecule has 0 spiro atoms. The van der Waals surface area contributed by atoms with Gasteiger partial charge in [-0.05, 0) is 48.4 Å².